The first-order chi connectivity index (χ1) is 6.84. The number of halogens is 2. The van der Waals surface area contributed by atoms with Crippen molar-refractivity contribution in [1.29, 1.82) is 0 Å². The van der Waals surface area contributed by atoms with Gasteiger partial charge in [-0.1, -0.05) is 29.8 Å². The average molecular weight is 255 g/mol. The van der Waals surface area contributed by atoms with E-state index in [4.69, 9.17) is 23.2 Å². The Morgan fingerprint density at radius 2 is 1.87 bits per heavy atom. The van der Waals surface area contributed by atoms with Crippen molar-refractivity contribution in [3.63, 3.8) is 0 Å². The maximum absolute atomic E-state index is 10.8. The number of alkyl halides is 2. The van der Waals surface area contributed by atoms with Crippen LogP contribution in [-0.2, 0) is 23.9 Å². The van der Waals surface area contributed by atoms with Gasteiger partial charge in [0.1, 0.15) is 0 Å². The van der Waals surface area contributed by atoms with Crippen molar-refractivity contribution in [2.75, 3.05) is 6.61 Å². The summed E-state index contributed by atoms with van der Waals surface area (Å²) in [6.45, 7) is 4.00. The van der Waals surface area contributed by atoms with Gasteiger partial charge in [-0.15, -0.1) is 0 Å². The largest absolute Gasteiger partial charge is 0.450 e. The van der Waals surface area contributed by atoms with E-state index in [0.717, 1.165) is 0 Å². The Labute approximate surface area is 95.9 Å². The molecule has 0 aromatic carbocycles. The van der Waals surface area contributed by atoms with E-state index in [0.29, 0.717) is 0 Å². The number of carbonyl (C=O) groups is 3. The number of hydrogen-bond acceptors (Lipinski definition) is 5. The van der Waals surface area contributed by atoms with E-state index in [2.05, 4.69) is 16.1 Å². The number of rotatable bonds is 4. The molecule has 15 heavy (non-hydrogen) atoms. The maximum atomic E-state index is 10.8. The average Bonchev–Trinajstić information content (AvgIpc) is 2.13. The van der Waals surface area contributed by atoms with E-state index in [1.807, 2.05) is 0 Å². The molecule has 0 bridgehead atoms. The smallest absolute Gasteiger partial charge is 0.351 e. The molecule has 0 fully saturated rings. The summed E-state index contributed by atoms with van der Waals surface area (Å²) >= 11 is 10.2. The summed E-state index contributed by atoms with van der Waals surface area (Å²) in [4.78, 5) is 30.8. The van der Waals surface area contributed by atoms with Gasteiger partial charge in [0.25, 0.3) is 0 Å². The van der Waals surface area contributed by atoms with Gasteiger partial charge in [0.2, 0.25) is 4.84 Å². The summed E-state index contributed by atoms with van der Waals surface area (Å²) in [5.74, 6) is -2.93. The van der Waals surface area contributed by atoms with Gasteiger partial charge in [-0.3, -0.25) is 0 Å². The maximum Gasteiger partial charge on any atom is 0.351 e. The lowest BCUT2D eigenvalue weighted by Gasteiger charge is -2.04. The van der Waals surface area contributed by atoms with Gasteiger partial charge in [-0.25, -0.2) is 14.4 Å². The third-order valence-electron chi connectivity index (χ3n) is 1.06. The molecule has 0 N–H and O–H groups in total. The molecule has 0 aliphatic heterocycles. The molecule has 0 spiro atoms. The molecular weight excluding hydrogens is 247 g/mol. The molecule has 0 aliphatic rings. The van der Waals surface area contributed by atoms with Crippen molar-refractivity contribution >= 4 is 41.1 Å². The van der Waals surface area contributed by atoms with Gasteiger partial charge in [0.05, 0.1) is 0 Å². The van der Waals surface area contributed by atoms with Crippen LogP contribution < -0.4 is 0 Å². The zero-order chi connectivity index (χ0) is 12.0. The van der Waals surface area contributed by atoms with Gasteiger partial charge in [0, 0.05) is 5.57 Å². The molecule has 7 heteroatoms. The summed E-state index contributed by atoms with van der Waals surface area (Å²) in [5.41, 5.74) is 0.127. The molecule has 0 aliphatic carbocycles. The molecule has 5 nitrogen and oxygen atoms in total. The van der Waals surface area contributed by atoms with E-state index in [-0.39, 0.29) is 5.57 Å². The van der Waals surface area contributed by atoms with Crippen LogP contribution in [0.3, 0.4) is 0 Å². The lowest BCUT2D eigenvalue weighted by Crippen LogP contribution is -2.22. The quantitative estimate of drug-likeness (QED) is 0.324. The van der Waals surface area contributed by atoms with Crippen LogP contribution in [0.25, 0.3) is 0 Å². The van der Waals surface area contributed by atoms with Crippen LogP contribution in [0.15, 0.2) is 12.2 Å². The van der Waals surface area contributed by atoms with Gasteiger partial charge >= 0.3 is 17.9 Å². The SMILES string of the molecule is C=C(C)C(=O)OCC(=O)OC(=O)C(Cl)Cl. The van der Waals surface area contributed by atoms with Crippen molar-refractivity contribution in [1.82, 2.24) is 0 Å². The second-order valence-electron chi connectivity index (χ2n) is 2.45. The minimum absolute atomic E-state index is 0.127. The fourth-order valence-electron chi connectivity index (χ4n) is 0.434. The van der Waals surface area contributed by atoms with Crippen LogP contribution >= 0.6 is 23.2 Å². The predicted octanol–water partition coefficient (Wildman–Crippen LogP) is 0.979. The number of hydrogen-bond donors (Lipinski definition) is 0. The molecule has 0 saturated heterocycles. The normalized spacial score (nSPS) is 9.60. The van der Waals surface area contributed by atoms with Crippen LogP contribution in [-0.4, -0.2) is 29.4 Å². The molecule has 0 aromatic rings. The van der Waals surface area contributed by atoms with Crippen LogP contribution in [0.1, 0.15) is 6.92 Å². The first-order valence-electron chi connectivity index (χ1n) is 3.70. The molecular formula is C8H8Cl2O5. The molecule has 84 valence electrons. The molecule has 0 aromatic heterocycles. The van der Waals surface area contributed by atoms with Crippen molar-refractivity contribution in [2.24, 2.45) is 0 Å². The number of ether oxygens (including phenoxy) is 2. The molecule has 0 amide bonds. The minimum atomic E-state index is -1.45. The van der Waals surface area contributed by atoms with Crippen molar-refractivity contribution in [3.05, 3.63) is 12.2 Å². The Morgan fingerprint density at radius 3 is 2.27 bits per heavy atom. The van der Waals surface area contributed by atoms with Crippen molar-refractivity contribution < 1.29 is 23.9 Å². The molecule has 0 radical (unpaired) electrons. The van der Waals surface area contributed by atoms with E-state index in [9.17, 15) is 14.4 Å². The van der Waals surface area contributed by atoms with Crippen LogP contribution in [0.5, 0.6) is 0 Å². The standard InChI is InChI=1S/C8H8Cl2O5/c1-4(2)7(12)14-3-5(11)15-8(13)6(9)10/h6H,1,3H2,2H3. The highest BCUT2D eigenvalue weighted by molar-refractivity contribution is 6.53. The van der Waals surface area contributed by atoms with Crippen LogP contribution in [0, 0.1) is 0 Å². The van der Waals surface area contributed by atoms with Crippen molar-refractivity contribution in [2.45, 2.75) is 11.8 Å². The summed E-state index contributed by atoms with van der Waals surface area (Å²) in [7, 11) is 0. The summed E-state index contributed by atoms with van der Waals surface area (Å²) in [6.07, 6.45) is 0. The van der Waals surface area contributed by atoms with Crippen LogP contribution in [0.2, 0.25) is 0 Å². The molecule has 0 saturated carbocycles. The zero-order valence-corrected chi connectivity index (χ0v) is 9.30. The van der Waals surface area contributed by atoms with Gasteiger partial charge in [-0.05, 0) is 6.92 Å². The summed E-state index contributed by atoms with van der Waals surface area (Å²) < 4.78 is 8.49. The van der Waals surface area contributed by atoms with Gasteiger partial charge < -0.3 is 9.47 Å². The highest BCUT2D eigenvalue weighted by atomic mass is 35.5. The lowest BCUT2D eigenvalue weighted by atomic mass is 10.4. The predicted molar refractivity (Wildman–Crippen MR) is 52.4 cm³/mol. The Kier molecular flexibility index (Phi) is 5.96. The minimum Gasteiger partial charge on any atom is -0.450 e. The van der Waals surface area contributed by atoms with Crippen molar-refractivity contribution in [3.8, 4) is 0 Å². The highest BCUT2D eigenvalue weighted by Gasteiger charge is 2.18. The Balaban J connectivity index is 3.91. The molecule has 0 rings (SSSR count). The highest BCUT2D eigenvalue weighted by Crippen LogP contribution is 2.04. The third kappa shape index (κ3) is 6.09. The number of carbonyl (C=O) groups excluding carboxylic acids is 3. The Bertz CT molecular complexity index is 297. The first kappa shape index (κ1) is 13.9. The summed E-state index contributed by atoms with van der Waals surface area (Å²) in [5, 5.41) is 0. The molecule has 0 atom stereocenters. The molecule has 0 heterocycles. The van der Waals surface area contributed by atoms with Gasteiger partial charge in [-0.2, -0.15) is 0 Å². The first-order valence-corrected chi connectivity index (χ1v) is 4.57. The van der Waals surface area contributed by atoms with E-state index in [1.54, 1.807) is 0 Å². The fourth-order valence-corrected chi connectivity index (χ4v) is 0.523. The van der Waals surface area contributed by atoms with E-state index >= 15 is 0 Å². The lowest BCUT2D eigenvalue weighted by molar-refractivity contribution is -0.165. The Morgan fingerprint density at radius 1 is 1.33 bits per heavy atom. The third-order valence-corrected chi connectivity index (χ3v) is 1.42. The Hall–Kier alpha value is -1.07. The van der Waals surface area contributed by atoms with Crippen LogP contribution in [0.4, 0.5) is 0 Å². The monoisotopic (exact) mass is 254 g/mol. The second-order valence-corrected chi connectivity index (χ2v) is 3.55. The zero-order valence-electron chi connectivity index (χ0n) is 7.79. The van der Waals surface area contributed by atoms with E-state index in [1.165, 1.54) is 6.92 Å². The summed E-state index contributed by atoms with van der Waals surface area (Å²) in [6, 6.07) is 0. The number of esters is 3. The van der Waals surface area contributed by atoms with E-state index < -0.39 is 29.4 Å². The molecule has 0 unspecified atom stereocenters. The van der Waals surface area contributed by atoms with Gasteiger partial charge in [0.15, 0.2) is 6.61 Å². The fraction of sp³-hybridized carbons (Fsp3) is 0.375. The topological polar surface area (TPSA) is 69.7 Å². The second kappa shape index (κ2) is 6.42.